The van der Waals surface area contributed by atoms with Crippen molar-refractivity contribution in [1.82, 2.24) is 31.5 Å². The van der Waals surface area contributed by atoms with E-state index in [0.717, 1.165) is 4.90 Å². The van der Waals surface area contributed by atoms with Gasteiger partial charge in [-0.1, -0.05) is 0 Å². The molecule has 0 spiro atoms. The zero-order valence-corrected chi connectivity index (χ0v) is 49.7. The molecule has 7 amide bonds. The monoisotopic (exact) mass is 1180 g/mol. The zero-order chi connectivity index (χ0) is 61.1. The molecular weight excluding hydrogens is 1100 g/mol. The minimum absolute atomic E-state index is 0.0249. The second-order valence-corrected chi connectivity index (χ2v) is 27.6. The van der Waals surface area contributed by atoms with Crippen LogP contribution in [0.3, 0.4) is 0 Å². The lowest BCUT2D eigenvalue weighted by atomic mass is 9.42. The van der Waals surface area contributed by atoms with Crippen LogP contribution in [0, 0.1) is 94.7 Å². The third-order valence-electron chi connectivity index (χ3n) is 20.5. The molecule has 11 aliphatic rings. The van der Waals surface area contributed by atoms with Gasteiger partial charge < -0.3 is 69.2 Å². The van der Waals surface area contributed by atoms with E-state index in [1.807, 2.05) is 0 Å². The van der Waals surface area contributed by atoms with Crippen LogP contribution in [0.1, 0.15) is 81.6 Å². The Kier molecular flexibility index (Phi) is 13.9. The Bertz CT molecular complexity index is 2780. The first-order valence-electron chi connectivity index (χ1n) is 29.2. The molecule has 20 atom stereocenters. The molecule has 11 rings (SSSR count). The fourth-order valence-electron chi connectivity index (χ4n) is 19.4. The van der Waals surface area contributed by atoms with Gasteiger partial charge in [-0.2, -0.15) is 0 Å². The number of rotatable bonds is 15. The normalized spacial score (nSPS) is 39.7. The van der Waals surface area contributed by atoms with Gasteiger partial charge in [0, 0.05) is 97.8 Å². The molecule has 0 aromatic rings. The lowest BCUT2D eigenvalue weighted by molar-refractivity contribution is -0.193. The van der Waals surface area contributed by atoms with Crippen molar-refractivity contribution in [1.29, 1.82) is 0 Å². The maximum Gasteiger partial charge on any atom is 0.407 e. The molecule has 84 heavy (non-hydrogen) atoms. The van der Waals surface area contributed by atoms with Gasteiger partial charge in [0.2, 0.25) is 23.6 Å². The Morgan fingerprint density at radius 2 is 0.714 bits per heavy atom. The summed E-state index contributed by atoms with van der Waals surface area (Å²) < 4.78 is 53.6. The maximum absolute atomic E-state index is 15.4. The van der Waals surface area contributed by atoms with E-state index in [-0.39, 0.29) is 63.3 Å². The average Bonchev–Trinajstić information content (AvgIpc) is 1.43. The number of nitrogens with zero attached hydrogens (tertiary/aromatic N) is 1. The van der Waals surface area contributed by atoms with Crippen molar-refractivity contribution in [3.8, 4) is 0 Å². The fraction of sp³-hybridized carbons (Fsp3) is 0.776. The van der Waals surface area contributed by atoms with Crippen LogP contribution in [0.15, 0.2) is 11.1 Å². The lowest BCUT2D eigenvalue weighted by Crippen LogP contribution is -2.69. The molecule has 5 N–H and O–H groups in total. The summed E-state index contributed by atoms with van der Waals surface area (Å²) in [6.07, 6.45) is -1.55. The highest BCUT2D eigenvalue weighted by molar-refractivity contribution is 6.08. The Hall–Kier alpha value is -6.57. The molecule has 10 fully saturated rings. The van der Waals surface area contributed by atoms with Gasteiger partial charge in [-0.3, -0.25) is 24.1 Å². The van der Waals surface area contributed by atoms with Gasteiger partial charge in [-0.05, 0) is 117 Å². The van der Waals surface area contributed by atoms with E-state index in [0.29, 0.717) is 6.42 Å². The summed E-state index contributed by atoms with van der Waals surface area (Å²) >= 11 is 0. The van der Waals surface area contributed by atoms with E-state index in [2.05, 4.69) is 26.6 Å². The fourth-order valence-corrected chi connectivity index (χ4v) is 19.4. The van der Waals surface area contributed by atoms with Crippen molar-refractivity contribution in [2.24, 2.45) is 94.7 Å². The Labute approximate surface area is 485 Å². The highest BCUT2D eigenvalue weighted by Crippen LogP contribution is 2.88. The van der Waals surface area contributed by atoms with E-state index in [4.69, 9.17) is 42.6 Å². The first kappa shape index (κ1) is 59.2. The van der Waals surface area contributed by atoms with E-state index in [1.54, 1.807) is 62.3 Å². The standard InChI is InChI=1S/C58H78N6O20/c1-52(2,3)80-49(73)61-16-14-59-41(65)29-23-20-24(30(29)42(66)60-15-17-62-50(74)81-53(4,5)6)34-33(23)55(45(69)76-10)37-27-22-28(38(37)56(34,83-55)46(70)77-11)40-39(27)57(47(71)78-12)35-25-21-26(36(35)58(40,84-57)48(72)79-13)32-31(25)43(67)64(44(32)68)19-18-63-51(75)82-54(7,8)9/h23-28,31-40H,14-22H2,1-13H3,(H,59,65)(H,60,66)(H,61,73)(H,62,74)(H,63,75)/t23-,24+,25+,26-,27-,28+,31+,32-,33-,34+,35+,36-,37+,38-,39-,40+,55-,56+,57+,58-. The van der Waals surface area contributed by atoms with Crippen LogP contribution < -0.4 is 26.6 Å². The number of imide groups is 1. The number of methoxy groups -OCH3 is 4. The summed E-state index contributed by atoms with van der Waals surface area (Å²) in [6, 6.07) is 0. The highest BCUT2D eigenvalue weighted by atomic mass is 16.6. The van der Waals surface area contributed by atoms with Crippen LogP contribution >= 0.6 is 0 Å². The summed E-state index contributed by atoms with van der Waals surface area (Å²) in [6.45, 7) is 14.7. The van der Waals surface area contributed by atoms with Crippen molar-refractivity contribution in [2.75, 3.05) is 67.7 Å². The number of amides is 7. The summed E-state index contributed by atoms with van der Waals surface area (Å²) in [5, 5.41) is 13.5. The Balaban J connectivity index is 0.976. The molecule has 0 aromatic heterocycles. The van der Waals surface area contributed by atoms with Gasteiger partial charge in [0.1, 0.15) is 16.8 Å². The van der Waals surface area contributed by atoms with E-state index < -0.39 is 200 Å². The van der Waals surface area contributed by atoms with Crippen LogP contribution in [-0.4, -0.2) is 178 Å². The van der Waals surface area contributed by atoms with E-state index >= 15 is 19.2 Å². The minimum Gasteiger partial charge on any atom is -0.467 e. The average molecular weight is 1180 g/mol. The zero-order valence-electron chi connectivity index (χ0n) is 49.7. The number of hydrogen-bond donors (Lipinski definition) is 5. The smallest absolute Gasteiger partial charge is 0.407 e. The molecule has 26 heteroatoms. The van der Waals surface area contributed by atoms with Gasteiger partial charge >= 0.3 is 42.2 Å². The van der Waals surface area contributed by atoms with Crippen molar-refractivity contribution < 1.29 is 95.4 Å². The number of carbonyl (C=O) groups is 11. The predicted molar refractivity (Wildman–Crippen MR) is 283 cm³/mol. The first-order chi connectivity index (χ1) is 39.4. The van der Waals surface area contributed by atoms with Crippen LogP contribution in [-0.2, 0) is 81.0 Å². The first-order valence-corrected chi connectivity index (χ1v) is 29.2. The number of hydrogen-bond acceptors (Lipinski definition) is 20. The van der Waals surface area contributed by atoms with Crippen LogP contribution in [0.2, 0.25) is 0 Å². The Morgan fingerprint density at radius 1 is 0.429 bits per heavy atom. The molecule has 5 saturated heterocycles. The molecule has 460 valence electrons. The van der Waals surface area contributed by atoms with Crippen LogP contribution in [0.5, 0.6) is 0 Å². The molecule has 5 saturated carbocycles. The molecule has 6 aliphatic carbocycles. The molecule has 10 bridgehead atoms. The van der Waals surface area contributed by atoms with Crippen molar-refractivity contribution >= 4 is 65.8 Å². The van der Waals surface area contributed by atoms with Crippen LogP contribution in [0.25, 0.3) is 0 Å². The quantitative estimate of drug-likeness (QED) is 0.0668. The van der Waals surface area contributed by atoms with Crippen molar-refractivity contribution in [3.05, 3.63) is 11.1 Å². The molecule has 5 heterocycles. The topological polar surface area (TPSA) is 334 Å². The number of nitrogens with one attached hydrogen (secondary N) is 5. The SMILES string of the molecule is COC(=O)[C@@]12O[C@@](C(=O)OC)([C@H]3[C@H]4C[C@@H]([C@H]31)[C@H]1[C@@H]4[C@@]3(C(=O)OC)O[C@]1(C(=O)OC)[C@@H]1[C@@H]4C[C@@H]([C@@H]5C(=O)N(CCNC(=O)OC(C)(C)C)C(=O)[C@H]45)[C@@H]13)[C@H]1[C@@H]2[C@H]2C[C@@H]1C(C(=O)NCCNC(=O)OC(C)(C)C)=C2C(=O)NCCNC(=O)OC(C)(C)C. The predicted octanol–water partition coefficient (Wildman–Crippen LogP) is 1.30. The van der Waals surface area contributed by atoms with Crippen molar-refractivity contribution in [2.45, 2.75) is 121 Å². The van der Waals surface area contributed by atoms with E-state index in [1.165, 1.54) is 28.4 Å². The van der Waals surface area contributed by atoms with Gasteiger partial charge in [0.05, 0.1) is 40.3 Å². The molecule has 5 aliphatic heterocycles. The maximum atomic E-state index is 15.4. The number of likely N-dealkylation sites (tertiary alicyclic amines) is 1. The largest absolute Gasteiger partial charge is 0.467 e. The molecule has 0 radical (unpaired) electrons. The molecule has 26 nitrogen and oxygen atoms in total. The summed E-state index contributed by atoms with van der Waals surface area (Å²) in [7, 11) is 4.78. The highest BCUT2D eigenvalue weighted by Gasteiger charge is 2.98. The van der Waals surface area contributed by atoms with Gasteiger partial charge in [0.15, 0.2) is 22.4 Å². The van der Waals surface area contributed by atoms with Crippen LogP contribution in [0.4, 0.5) is 14.4 Å². The number of fused-ring (bicyclic) bond motifs is 33. The van der Waals surface area contributed by atoms with E-state index in [9.17, 15) is 33.6 Å². The summed E-state index contributed by atoms with van der Waals surface area (Å²) in [4.78, 5) is 159. The molecule has 0 unspecified atom stereocenters. The Morgan fingerprint density at radius 3 is 1.04 bits per heavy atom. The van der Waals surface area contributed by atoms with Crippen molar-refractivity contribution in [3.63, 3.8) is 0 Å². The third kappa shape index (κ3) is 8.01. The minimum atomic E-state index is -2.04. The second kappa shape index (κ2) is 19.7. The second-order valence-electron chi connectivity index (χ2n) is 27.6. The lowest BCUT2D eigenvalue weighted by Gasteiger charge is -2.56. The number of carbonyl (C=O) groups excluding carboxylic acids is 11. The number of alkyl carbamates (subject to hydrolysis) is 3. The van der Waals surface area contributed by atoms with Gasteiger partial charge in [-0.25, -0.2) is 33.6 Å². The summed E-state index contributed by atoms with van der Waals surface area (Å²) in [5.74, 6) is -19.7. The molecular formula is C58H78N6O20. The van der Waals surface area contributed by atoms with Gasteiger partial charge in [-0.15, -0.1) is 0 Å². The third-order valence-corrected chi connectivity index (χ3v) is 20.5. The van der Waals surface area contributed by atoms with Gasteiger partial charge in [0.25, 0.3) is 0 Å². The molecule has 0 aromatic carbocycles. The summed E-state index contributed by atoms with van der Waals surface area (Å²) in [5.41, 5.74) is -10.3. The number of esters is 4. The number of ether oxygens (including phenoxy) is 9.